The molecule has 112 valence electrons. The molecular weight excluding hydrogens is 266 g/mol. The molecule has 0 aliphatic carbocycles. The van der Waals surface area contributed by atoms with Crippen LogP contribution in [-0.2, 0) is 22.7 Å². The quantitative estimate of drug-likeness (QED) is 0.795. The maximum atomic E-state index is 5.63. The van der Waals surface area contributed by atoms with E-state index >= 15 is 0 Å². The van der Waals surface area contributed by atoms with Gasteiger partial charge in [0.15, 0.2) is 0 Å². The van der Waals surface area contributed by atoms with Gasteiger partial charge in [-0.2, -0.15) is 0 Å². The maximum absolute atomic E-state index is 5.63. The van der Waals surface area contributed by atoms with E-state index in [1.54, 1.807) is 6.26 Å². The van der Waals surface area contributed by atoms with Crippen LogP contribution in [0.2, 0.25) is 0 Å². The summed E-state index contributed by atoms with van der Waals surface area (Å²) in [6.07, 6.45) is 2.64. The van der Waals surface area contributed by atoms with Crippen molar-refractivity contribution in [2.45, 2.75) is 25.7 Å². The summed E-state index contributed by atoms with van der Waals surface area (Å²) in [6.45, 7) is 3.65. The van der Waals surface area contributed by atoms with Crippen LogP contribution >= 0.6 is 0 Å². The van der Waals surface area contributed by atoms with Crippen molar-refractivity contribution in [3.05, 3.63) is 59.5 Å². The molecule has 0 saturated carbocycles. The summed E-state index contributed by atoms with van der Waals surface area (Å²) in [5.41, 5.74) is 2.65. The van der Waals surface area contributed by atoms with Crippen molar-refractivity contribution in [2.24, 2.45) is 0 Å². The summed E-state index contributed by atoms with van der Waals surface area (Å²) < 4.78 is 16.4. The third-order valence-corrected chi connectivity index (χ3v) is 3.65. The Bertz CT molecular complexity index is 539. The lowest BCUT2D eigenvalue weighted by Crippen LogP contribution is -2.30. The largest absolute Gasteiger partial charge is 0.467 e. The minimum atomic E-state index is 0.292. The minimum Gasteiger partial charge on any atom is -0.467 e. The predicted molar refractivity (Wildman–Crippen MR) is 79.8 cm³/mol. The fourth-order valence-electron chi connectivity index (χ4n) is 2.57. The van der Waals surface area contributed by atoms with Gasteiger partial charge in [-0.1, -0.05) is 24.3 Å². The Morgan fingerprint density at radius 2 is 2.14 bits per heavy atom. The summed E-state index contributed by atoms with van der Waals surface area (Å²) in [7, 11) is 0. The van der Waals surface area contributed by atoms with Crippen molar-refractivity contribution < 1.29 is 13.9 Å². The van der Waals surface area contributed by atoms with Crippen molar-refractivity contribution in [3.8, 4) is 0 Å². The van der Waals surface area contributed by atoms with E-state index in [-0.39, 0.29) is 0 Å². The number of furan rings is 1. The molecule has 0 fully saturated rings. The Balaban J connectivity index is 1.36. The monoisotopic (exact) mass is 287 g/mol. The SMILES string of the molecule is c1coc(COCCCNC2COCc3ccccc32)c1. The van der Waals surface area contributed by atoms with Crippen LogP contribution in [0.4, 0.5) is 0 Å². The van der Waals surface area contributed by atoms with E-state index in [1.807, 2.05) is 12.1 Å². The first-order valence-electron chi connectivity index (χ1n) is 7.42. The van der Waals surface area contributed by atoms with Crippen LogP contribution in [-0.4, -0.2) is 19.8 Å². The van der Waals surface area contributed by atoms with Crippen molar-refractivity contribution in [2.75, 3.05) is 19.8 Å². The summed E-state index contributed by atoms with van der Waals surface area (Å²) in [5, 5.41) is 3.54. The Labute approximate surface area is 125 Å². The first kappa shape index (κ1) is 14.3. The van der Waals surface area contributed by atoms with Gasteiger partial charge in [0.2, 0.25) is 0 Å². The van der Waals surface area contributed by atoms with Crippen LogP contribution in [0.1, 0.15) is 29.3 Å². The molecule has 1 aliphatic heterocycles. The normalized spacial score (nSPS) is 17.6. The van der Waals surface area contributed by atoms with Crippen molar-refractivity contribution >= 4 is 0 Å². The van der Waals surface area contributed by atoms with E-state index < -0.39 is 0 Å². The average Bonchev–Trinajstić information content (AvgIpc) is 3.04. The zero-order valence-corrected chi connectivity index (χ0v) is 12.1. The number of benzene rings is 1. The Kier molecular flexibility index (Phi) is 5.05. The van der Waals surface area contributed by atoms with Crippen molar-refractivity contribution in [3.63, 3.8) is 0 Å². The third kappa shape index (κ3) is 3.94. The molecule has 0 amide bonds. The highest BCUT2D eigenvalue weighted by molar-refractivity contribution is 5.30. The van der Waals surface area contributed by atoms with Crippen LogP contribution in [0.3, 0.4) is 0 Å². The van der Waals surface area contributed by atoms with Crippen LogP contribution in [0.25, 0.3) is 0 Å². The number of fused-ring (bicyclic) bond motifs is 1. The van der Waals surface area contributed by atoms with Crippen LogP contribution in [0.15, 0.2) is 47.1 Å². The molecule has 1 aromatic carbocycles. The van der Waals surface area contributed by atoms with Crippen LogP contribution in [0, 0.1) is 0 Å². The lowest BCUT2D eigenvalue weighted by molar-refractivity contribution is 0.0781. The number of nitrogens with one attached hydrogen (secondary N) is 1. The molecular formula is C17H21NO3. The van der Waals surface area contributed by atoms with Crippen LogP contribution in [0.5, 0.6) is 0 Å². The molecule has 4 nitrogen and oxygen atoms in total. The molecule has 21 heavy (non-hydrogen) atoms. The molecule has 0 spiro atoms. The Hall–Kier alpha value is -1.62. The second-order valence-electron chi connectivity index (χ2n) is 5.21. The molecule has 1 aliphatic rings. The number of ether oxygens (including phenoxy) is 2. The van der Waals surface area contributed by atoms with E-state index in [0.717, 1.165) is 38.5 Å². The number of rotatable bonds is 7. The van der Waals surface area contributed by atoms with Gasteiger partial charge >= 0.3 is 0 Å². The Morgan fingerprint density at radius 3 is 3.05 bits per heavy atom. The fraction of sp³-hybridized carbons (Fsp3) is 0.412. The van der Waals surface area contributed by atoms with Crippen molar-refractivity contribution in [1.29, 1.82) is 0 Å². The molecule has 1 unspecified atom stereocenters. The highest BCUT2D eigenvalue weighted by Crippen LogP contribution is 2.24. The first-order chi connectivity index (χ1) is 10.4. The number of hydrogen-bond donors (Lipinski definition) is 1. The minimum absolute atomic E-state index is 0.292. The van der Waals surface area contributed by atoms with E-state index in [4.69, 9.17) is 13.9 Å². The van der Waals surface area contributed by atoms with Crippen LogP contribution < -0.4 is 5.32 Å². The topological polar surface area (TPSA) is 43.6 Å². The van der Waals surface area contributed by atoms with Gasteiger partial charge < -0.3 is 19.2 Å². The van der Waals surface area contributed by atoms with Gasteiger partial charge in [0, 0.05) is 6.61 Å². The first-order valence-corrected chi connectivity index (χ1v) is 7.42. The van der Waals surface area contributed by atoms with Crippen molar-refractivity contribution in [1.82, 2.24) is 5.32 Å². The number of hydrogen-bond acceptors (Lipinski definition) is 4. The zero-order chi connectivity index (χ0) is 14.3. The van der Waals surface area contributed by atoms with E-state index in [1.165, 1.54) is 11.1 Å². The van der Waals surface area contributed by atoms with E-state index in [0.29, 0.717) is 12.6 Å². The summed E-state index contributed by atoms with van der Waals surface area (Å²) in [5.74, 6) is 0.873. The third-order valence-electron chi connectivity index (χ3n) is 3.65. The highest BCUT2D eigenvalue weighted by Gasteiger charge is 2.19. The molecule has 2 aromatic rings. The smallest absolute Gasteiger partial charge is 0.129 e. The van der Waals surface area contributed by atoms with Gasteiger partial charge in [-0.15, -0.1) is 0 Å². The lowest BCUT2D eigenvalue weighted by atomic mass is 9.99. The summed E-state index contributed by atoms with van der Waals surface area (Å²) >= 11 is 0. The van der Waals surface area contributed by atoms with E-state index in [2.05, 4.69) is 29.6 Å². The summed E-state index contributed by atoms with van der Waals surface area (Å²) in [6, 6.07) is 12.6. The van der Waals surface area contributed by atoms with Gasteiger partial charge in [0.05, 0.1) is 25.5 Å². The molecule has 1 atom stereocenters. The standard InChI is InChI=1S/C17H21NO3/c1-2-7-16-14(5-1)11-20-13-17(16)18-8-4-9-19-12-15-6-3-10-21-15/h1-3,5-7,10,17-18H,4,8-9,11-13H2. The molecule has 1 N–H and O–H groups in total. The molecule has 1 aromatic heterocycles. The predicted octanol–water partition coefficient (Wildman–Crippen LogP) is 3.05. The fourth-order valence-corrected chi connectivity index (χ4v) is 2.57. The lowest BCUT2D eigenvalue weighted by Gasteiger charge is -2.26. The molecule has 0 radical (unpaired) electrons. The maximum Gasteiger partial charge on any atom is 0.129 e. The zero-order valence-electron chi connectivity index (χ0n) is 12.1. The van der Waals surface area contributed by atoms with Gasteiger partial charge in [-0.25, -0.2) is 0 Å². The van der Waals surface area contributed by atoms with Gasteiger partial charge in [-0.05, 0) is 36.2 Å². The molecule has 0 bridgehead atoms. The van der Waals surface area contributed by atoms with Gasteiger partial charge in [0.1, 0.15) is 12.4 Å². The van der Waals surface area contributed by atoms with Gasteiger partial charge in [0.25, 0.3) is 0 Å². The molecule has 3 rings (SSSR count). The summed E-state index contributed by atoms with van der Waals surface area (Å²) in [4.78, 5) is 0. The Morgan fingerprint density at radius 1 is 1.19 bits per heavy atom. The molecule has 2 heterocycles. The molecule has 4 heteroatoms. The van der Waals surface area contributed by atoms with E-state index in [9.17, 15) is 0 Å². The average molecular weight is 287 g/mol. The molecule has 0 saturated heterocycles. The van der Waals surface area contributed by atoms with Gasteiger partial charge in [-0.3, -0.25) is 0 Å². The second-order valence-corrected chi connectivity index (χ2v) is 5.21. The highest BCUT2D eigenvalue weighted by atomic mass is 16.5. The second kappa shape index (κ2) is 7.41.